The molecule has 1 aromatic rings. The van der Waals surface area contributed by atoms with Gasteiger partial charge >= 0.3 is 6.03 Å². The summed E-state index contributed by atoms with van der Waals surface area (Å²) in [5.41, 5.74) is 0.577. The highest BCUT2D eigenvalue weighted by atomic mass is 35.5. The minimum Gasteiger partial charge on any atom is -0.282 e. The summed E-state index contributed by atoms with van der Waals surface area (Å²) in [6, 6.07) is 9.56. The fraction of sp³-hybridized carbons (Fsp3) is 0.375. The van der Waals surface area contributed by atoms with Gasteiger partial charge in [-0.3, -0.25) is 14.6 Å². The molecule has 1 aliphatic rings. The van der Waals surface area contributed by atoms with Crippen LogP contribution in [0.4, 0.5) is 10.5 Å². The molecule has 0 N–H and O–H groups in total. The summed E-state index contributed by atoms with van der Waals surface area (Å²) in [4.78, 5) is 27.4. The number of carbonyl (C=O) groups excluding carboxylic acids is 2. The topological polar surface area (TPSA) is 88.2 Å². The first-order valence-electron chi connectivity index (χ1n) is 7.16. The van der Waals surface area contributed by atoms with Gasteiger partial charge in [-0.25, -0.2) is 4.79 Å². The van der Waals surface area contributed by atoms with Crippen LogP contribution in [0.15, 0.2) is 24.3 Å². The van der Waals surface area contributed by atoms with E-state index >= 15 is 0 Å². The molecular weight excluding hydrogens is 316 g/mol. The molecule has 2 rings (SSSR count). The van der Waals surface area contributed by atoms with Crippen molar-refractivity contribution in [3.8, 4) is 12.1 Å². The fourth-order valence-corrected chi connectivity index (χ4v) is 2.61. The Balaban J connectivity index is 2.19. The number of carbonyl (C=O) groups is 2. The lowest BCUT2D eigenvalue weighted by Gasteiger charge is -2.20. The summed E-state index contributed by atoms with van der Waals surface area (Å²) in [6.07, 6.45) is 0.546. The second kappa shape index (κ2) is 7.13. The minimum absolute atomic E-state index is 0.00424. The van der Waals surface area contributed by atoms with Gasteiger partial charge in [0.15, 0.2) is 0 Å². The molecular formula is C16H15ClN4O2. The van der Waals surface area contributed by atoms with Crippen LogP contribution in [-0.2, 0) is 4.79 Å². The summed E-state index contributed by atoms with van der Waals surface area (Å²) in [5, 5.41) is 18.3. The molecule has 1 saturated heterocycles. The summed E-state index contributed by atoms with van der Waals surface area (Å²) in [7, 11) is 0. The van der Waals surface area contributed by atoms with Crippen LogP contribution in [0, 0.1) is 28.6 Å². The van der Waals surface area contributed by atoms with Crippen LogP contribution < -0.4 is 4.90 Å². The maximum atomic E-state index is 12.6. The number of urea groups is 1. The molecule has 0 radical (unpaired) electrons. The summed E-state index contributed by atoms with van der Waals surface area (Å²) in [5.74, 6) is -0.887. The third kappa shape index (κ3) is 3.44. The quantitative estimate of drug-likeness (QED) is 0.776. The van der Waals surface area contributed by atoms with E-state index in [-0.39, 0.29) is 18.9 Å². The third-order valence-electron chi connectivity index (χ3n) is 3.74. The molecule has 6 nitrogen and oxygen atoms in total. The molecule has 0 unspecified atom stereocenters. The molecule has 1 aromatic carbocycles. The number of nitrogens with zero attached hydrogens (tertiary/aromatic N) is 4. The molecule has 7 heteroatoms. The molecule has 0 spiro atoms. The average Bonchev–Trinajstić information content (AvgIpc) is 2.75. The second-order valence-corrected chi connectivity index (χ2v) is 5.71. The van der Waals surface area contributed by atoms with Gasteiger partial charge in [-0.2, -0.15) is 10.5 Å². The number of hydrogen-bond acceptors (Lipinski definition) is 4. The smallest absolute Gasteiger partial charge is 0.282 e. The monoisotopic (exact) mass is 330 g/mol. The number of imide groups is 1. The Morgan fingerprint density at radius 2 is 1.91 bits per heavy atom. The Morgan fingerprint density at radius 3 is 2.48 bits per heavy atom. The van der Waals surface area contributed by atoms with Crippen molar-refractivity contribution in [2.45, 2.75) is 25.8 Å². The molecule has 2 atom stereocenters. The van der Waals surface area contributed by atoms with Crippen molar-refractivity contribution in [2.75, 3.05) is 11.4 Å². The average molecular weight is 331 g/mol. The molecule has 1 heterocycles. The third-order valence-corrected chi connectivity index (χ3v) is 3.99. The normalized spacial score (nSPS) is 18.7. The van der Waals surface area contributed by atoms with Gasteiger partial charge in [0, 0.05) is 23.7 Å². The highest BCUT2D eigenvalue weighted by Crippen LogP contribution is 2.27. The SMILES string of the molecule is C[C@@H]1C(=O)N(C[C@H](C#N)CCC#N)C(=O)N1c1ccc(Cl)cc1. The van der Waals surface area contributed by atoms with Crippen molar-refractivity contribution < 1.29 is 9.59 Å². The summed E-state index contributed by atoms with van der Waals surface area (Å²) < 4.78 is 0. The van der Waals surface area contributed by atoms with Crippen molar-refractivity contribution in [1.82, 2.24) is 4.90 Å². The van der Waals surface area contributed by atoms with Crippen LogP contribution in [0.1, 0.15) is 19.8 Å². The predicted molar refractivity (Wildman–Crippen MR) is 84.5 cm³/mol. The molecule has 0 aliphatic carbocycles. The Kier molecular flexibility index (Phi) is 5.20. The van der Waals surface area contributed by atoms with Crippen LogP contribution in [0.3, 0.4) is 0 Å². The Bertz CT molecular complexity index is 690. The number of nitriles is 2. The van der Waals surface area contributed by atoms with Gasteiger partial charge in [-0.1, -0.05) is 11.6 Å². The fourth-order valence-electron chi connectivity index (χ4n) is 2.49. The Morgan fingerprint density at radius 1 is 1.26 bits per heavy atom. The van der Waals surface area contributed by atoms with E-state index in [1.165, 1.54) is 4.90 Å². The second-order valence-electron chi connectivity index (χ2n) is 5.28. The van der Waals surface area contributed by atoms with Crippen LogP contribution in [0.2, 0.25) is 5.02 Å². The standard InChI is InChI=1S/C16H15ClN4O2/c1-11-15(22)20(10-12(9-19)3-2-8-18)16(23)21(11)14-6-4-13(17)5-7-14/h4-7,11-12H,2-3,10H2,1H3/t11-,12+/m1/s1. The lowest BCUT2D eigenvalue weighted by Crippen LogP contribution is -2.36. The summed E-state index contributed by atoms with van der Waals surface area (Å²) >= 11 is 5.84. The van der Waals surface area contributed by atoms with Crippen molar-refractivity contribution in [3.05, 3.63) is 29.3 Å². The molecule has 23 heavy (non-hydrogen) atoms. The number of amides is 3. The first-order chi connectivity index (χ1) is 11.0. The van der Waals surface area contributed by atoms with Gasteiger partial charge in [0.1, 0.15) is 6.04 Å². The van der Waals surface area contributed by atoms with Crippen LogP contribution in [0.5, 0.6) is 0 Å². The molecule has 118 valence electrons. The highest BCUT2D eigenvalue weighted by molar-refractivity contribution is 6.30. The molecule has 0 saturated carbocycles. The minimum atomic E-state index is -0.640. The van der Waals surface area contributed by atoms with E-state index < -0.39 is 18.0 Å². The van der Waals surface area contributed by atoms with E-state index in [4.69, 9.17) is 22.1 Å². The zero-order valence-electron chi connectivity index (χ0n) is 12.6. The van der Waals surface area contributed by atoms with E-state index in [2.05, 4.69) is 0 Å². The highest BCUT2D eigenvalue weighted by Gasteiger charge is 2.43. The molecule has 3 amide bonds. The lowest BCUT2D eigenvalue weighted by atomic mass is 10.1. The first-order valence-corrected chi connectivity index (χ1v) is 7.54. The van der Waals surface area contributed by atoms with Gasteiger partial charge in [0.05, 0.1) is 18.1 Å². The van der Waals surface area contributed by atoms with E-state index in [0.29, 0.717) is 17.1 Å². The van der Waals surface area contributed by atoms with Crippen molar-refractivity contribution >= 4 is 29.2 Å². The van der Waals surface area contributed by atoms with Crippen molar-refractivity contribution in [1.29, 1.82) is 10.5 Å². The lowest BCUT2D eigenvalue weighted by molar-refractivity contribution is -0.127. The van der Waals surface area contributed by atoms with E-state index in [9.17, 15) is 9.59 Å². The Labute approximate surface area is 139 Å². The van der Waals surface area contributed by atoms with E-state index in [1.54, 1.807) is 31.2 Å². The van der Waals surface area contributed by atoms with Gasteiger partial charge in [0.25, 0.3) is 5.91 Å². The molecule has 1 aliphatic heterocycles. The molecule has 0 bridgehead atoms. The zero-order valence-corrected chi connectivity index (χ0v) is 13.3. The van der Waals surface area contributed by atoms with Gasteiger partial charge in [-0.05, 0) is 37.6 Å². The number of benzene rings is 1. The van der Waals surface area contributed by atoms with E-state index in [1.807, 2.05) is 12.1 Å². The van der Waals surface area contributed by atoms with Crippen LogP contribution in [-0.4, -0.2) is 29.4 Å². The van der Waals surface area contributed by atoms with Gasteiger partial charge in [0.2, 0.25) is 0 Å². The first kappa shape index (κ1) is 16.8. The molecule has 0 aromatic heterocycles. The maximum Gasteiger partial charge on any atom is 0.332 e. The van der Waals surface area contributed by atoms with Gasteiger partial charge in [-0.15, -0.1) is 0 Å². The number of anilines is 1. The largest absolute Gasteiger partial charge is 0.332 e. The number of rotatable bonds is 5. The predicted octanol–water partition coefficient (Wildman–Crippen LogP) is 2.94. The summed E-state index contributed by atoms with van der Waals surface area (Å²) in [6.45, 7) is 1.65. The van der Waals surface area contributed by atoms with Gasteiger partial charge < -0.3 is 0 Å². The number of halogens is 1. The molecule has 1 fully saturated rings. The van der Waals surface area contributed by atoms with Crippen molar-refractivity contribution in [2.24, 2.45) is 5.92 Å². The zero-order chi connectivity index (χ0) is 17.0. The van der Waals surface area contributed by atoms with Crippen LogP contribution in [0.25, 0.3) is 0 Å². The van der Waals surface area contributed by atoms with Crippen molar-refractivity contribution in [3.63, 3.8) is 0 Å². The Hall–Kier alpha value is -2.57. The maximum absolute atomic E-state index is 12.6. The number of hydrogen-bond donors (Lipinski definition) is 0. The van der Waals surface area contributed by atoms with E-state index in [0.717, 1.165) is 4.90 Å². The van der Waals surface area contributed by atoms with Crippen LogP contribution >= 0.6 is 11.6 Å².